The molecule has 0 aliphatic heterocycles. The monoisotopic (exact) mass is 246 g/mol. The fourth-order valence-electron chi connectivity index (χ4n) is 2.27. The Morgan fingerprint density at radius 2 is 1.94 bits per heavy atom. The number of hydrogen-bond acceptors (Lipinski definition) is 3. The molecular weight excluding hydrogens is 228 g/mol. The number of hydrogen-bond donors (Lipinski definition) is 1. The zero-order valence-electron chi connectivity index (χ0n) is 10.8. The highest BCUT2D eigenvalue weighted by Gasteiger charge is 2.21. The Labute approximate surface area is 107 Å². The van der Waals surface area contributed by atoms with Gasteiger partial charge >= 0.3 is 0 Å². The molecule has 0 atom stereocenters. The van der Waals surface area contributed by atoms with E-state index in [9.17, 15) is 9.59 Å². The van der Waals surface area contributed by atoms with E-state index in [4.69, 9.17) is 0 Å². The molecule has 0 saturated heterocycles. The van der Waals surface area contributed by atoms with E-state index in [1.54, 1.807) is 6.07 Å². The van der Waals surface area contributed by atoms with Gasteiger partial charge in [0.05, 0.1) is 11.3 Å². The third-order valence-electron chi connectivity index (χ3n) is 3.35. The fourth-order valence-corrected chi connectivity index (χ4v) is 2.27. The van der Waals surface area contributed by atoms with Crippen LogP contribution in [0.1, 0.15) is 47.4 Å². The average molecular weight is 246 g/mol. The number of rotatable bonds is 2. The Hall–Kier alpha value is -1.71. The lowest BCUT2D eigenvalue weighted by atomic mass is 9.94. The van der Waals surface area contributed by atoms with E-state index in [0.29, 0.717) is 24.2 Å². The standard InChI is InChI=1S/C14H18N2O2/c1-9-3-8-13(10(2)15-9)14(18)16-11-4-6-12(17)7-5-11/h3,8,11H,4-7H2,1-2H3,(H,16,18). The van der Waals surface area contributed by atoms with Gasteiger partial charge in [-0.15, -0.1) is 0 Å². The summed E-state index contributed by atoms with van der Waals surface area (Å²) in [7, 11) is 0. The molecule has 1 aliphatic rings. The van der Waals surface area contributed by atoms with E-state index in [2.05, 4.69) is 10.3 Å². The highest BCUT2D eigenvalue weighted by molar-refractivity contribution is 5.95. The minimum absolute atomic E-state index is 0.0839. The molecule has 96 valence electrons. The van der Waals surface area contributed by atoms with Crippen LogP contribution in [0.25, 0.3) is 0 Å². The molecule has 0 bridgehead atoms. The van der Waals surface area contributed by atoms with Crippen molar-refractivity contribution in [1.29, 1.82) is 0 Å². The van der Waals surface area contributed by atoms with Crippen LogP contribution >= 0.6 is 0 Å². The number of aromatic nitrogens is 1. The van der Waals surface area contributed by atoms with Gasteiger partial charge in [0.1, 0.15) is 5.78 Å². The maximum atomic E-state index is 12.1. The lowest BCUT2D eigenvalue weighted by Crippen LogP contribution is -2.38. The molecule has 1 amide bonds. The maximum Gasteiger partial charge on any atom is 0.253 e. The van der Waals surface area contributed by atoms with Crippen molar-refractivity contribution in [3.05, 3.63) is 29.1 Å². The summed E-state index contributed by atoms with van der Waals surface area (Å²) < 4.78 is 0. The van der Waals surface area contributed by atoms with E-state index in [1.807, 2.05) is 19.9 Å². The second-order valence-electron chi connectivity index (χ2n) is 4.87. The first-order valence-corrected chi connectivity index (χ1v) is 6.33. The summed E-state index contributed by atoms with van der Waals surface area (Å²) in [6.45, 7) is 3.74. The van der Waals surface area contributed by atoms with Gasteiger partial charge in [0, 0.05) is 24.6 Å². The number of nitrogens with zero attached hydrogens (tertiary/aromatic N) is 1. The van der Waals surface area contributed by atoms with E-state index in [1.165, 1.54) is 0 Å². The fraction of sp³-hybridized carbons (Fsp3) is 0.500. The van der Waals surface area contributed by atoms with Gasteiger partial charge in [0.15, 0.2) is 0 Å². The van der Waals surface area contributed by atoms with Gasteiger partial charge in [0.25, 0.3) is 5.91 Å². The predicted octanol–water partition coefficient (Wildman–Crippen LogP) is 1.94. The molecule has 1 fully saturated rings. The van der Waals surface area contributed by atoms with Crippen LogP contribution in [-0.2, 0) is 4.79 Å². The Bertz CT molecular complexity index is 473. The van der Waals surface area contributed by atoms with Crippen molar-refractivity contribution in [2.75, 3.05) is 0 Å². The third-order valence-corrected chi connectivity index (χ3v) is 3.35. The molecule has 1 N–H and O–H groups in total. The molecule has 1 heterocycles. The molecule has 0 spiro atoms. The zero-order valence-corrected chi connectivity index (χ0v) is 10.8. The number of carbonyl (C=O) groups excluding carboxylic acids is 2. The summed E-state index contributed by atoms with van der Waals surface area (Å²) in [5.74, 6) is 0.216. The first-order chi connectivity index (χ1) is 8.56. The van der Waals surface area contributed by atoms with Crippen LogP contribution in [0, 0.1) is 13.8 Å². The van der Waals surface area contributed by atoms with Gasteiger partial charge in [-0.25, -0.2) is 0 Å². The van der Waals surface area contributed by atoms with Crippen LogP contribution in [0.5, 0.6) is 0 Å². The summed E-state index contributed by atoms with van der Waals surface area (Å²) in [6.07, 6.45) is 2.66. The van der Waals surface area contributed by atoms with Crippen LogP contribution in [0.15, 0.2) is 12.1 Å². The highest BCUT2D eigenvalue weighted by atomic mass is 16.1. The Morgan fingerprint density at radius 1 is 1.28 bits per heavy atom. The normalized spacial score (nSPS) is 16.7. The molecule has 0 radical (unpaired) electrons. The molecule has 1 saturated carbocycles. The summed E-state index contributed by atoms with van der Waals surface area (Å²) in [5, 5.41) is 2.98. The van der Waals surface area contributed by atoms with Crippen LogP contribution in [0.2, 0.25) is 0 Å². The number of carbonyl (C=O) groups is 2. The average Bonchev–Trinajstić information content (AvgIpc) is 2.32. The molecule has 0 unspecified atom stereocenters. The molecule has 4 nitrogen and oxygen atoms in total. The Kier molecular flexibility index (Phi) is 3.75. The van der Waals surface area contributed by atoms with E-state index in [0.717, 1.165) is 24.2 Å². The molecule has 2 rings (SSSR count). The highest BCUT2D eigenvalue weighted by Crippen LogP contribution is 2.16. The summed E-state index contributed by atoms with van der Waals surface area (Å²) in [4.78, 5) is 27.5. The predicted molar refractivity (Wildman–Crippen MR) is 68.4 cm³/mol. The largest absolute Gasteiger partial charge is 0.349 e. The number of nitrogens with one attached hydrogen (secondary N) is 1. The SMILES string of the molecule is Cc1ccc(C(=O)NC2CCC(=O)CC2)c(C)n1. The van der Waals surface area contributed by atoms with Crippen molar-refractivity contribution in [3.8, 4) is 0 Å². The Balaban J connectivity index is 2.01. The lowest BCUT2D eigenvalue weighted by molar-refractivity contribution is -0.120. The molecule has 1 aliphatic carbocycles. The van der Waals surface area contributed by atoms with Crippen molar-refractivity contribution in [1.82, 2.24) is 10.3 Å². The van der Waals surface area contributed by atoms with Crippen LogP contribution in [0.4, 0.5) is 0 Å². The number of Topliss-reactive ketones (excluding diaryl/α,β-unsaturated/α-hetero) is 1. The minimum Gasteiger partial charge on any atom is -0.349 e. The van der Waals surface area contributed by atoms with Crippen molar-refractivity contribution in [2.45, 2.75) is 45.6 Å². The van der Waals surface area contributed by atoms with Gasteiger partial charge in [-0.1, -0.05) is 0 Å². The molecule has 1 aromatic rings. The first-order valence-electron chi connectivity index (χ1n) is 6.33. The van der Waals surface area contributed by atoms with Gasteiger partial charge in [-0.2, -0.15) is 0 Å². The van der Waals surface area contributed by atoms with Crippen molar-refractivity contribution < 1.29 is 9.59 Å². The second-order valence-corrected chi connectivity index (χ2v) is 4.87. The topological polar surface area (TPSA) is 59.1 Å². The minimum atomic E-state index is -0.0839. The molecule has 0 aromatic carbocycles. The van der Waals surface area contributed by atoms with Crippen LogP contribution in [0.3, 0.4) is 0 Å². The van der Waals surface area contributed by atoms with Gasteiger partial charge < -0.3 is 5.32 Å². The smallest absolute Gasteiger partial charge is 0.253 e. The number of pyridine rings is 1. The van der Waals surface area contributed by atoms with E-state index in [-0.39, 0.29) is 11.9 Å². The molecule has 4 heteroatoms. The lowest BCUT2D eigenvalue weighted by Gasteiger charge is -2.22. The second kappa shape index (κ2) is 5.29. The molecular formula is C14H18N2O2. The summed E-state index contributed by atoms with van der Waals surface area (Å²) >= 11 is 0. The van der Waals surface area contributed by atoms with E-state index >= 15 is 0 Å². The number of ketones is 1. The van der Waals surface area contributed by atoms with Crippen molar-refractivity contribution in [2.24, 2.45) is 0 Å². The molecule has 1 aromatic heterocycles. The summed E-state index contributed by atoms with van der Waals surface area (Å²) in [6, 6.07) is 3.77. The molecule has 18 heavy (non-hydrogen) atoms. The van der Waals surface area contributed by atoms with Crippen molar-refractivity contribution in [3.63, 3.8) is 0 Å². The number of aryl methyl sites for hydroxylation is 2. The maximum absolute atomic E-state index is 12.1. The van der Waals surface area contributed by atoms with Crippen molar-refractivity contribution >= 4 is 11.7 Å². The quantitative estimate of drug-likeness (QED) is 0.867. The third kappa shape index (κ3) is 2.94. The number of amides is 1. The van der Waals surface area contributed by atoms with Crippen LogP contribution in [-0.4, -0.2) is 22.7 Å². The first kappa shape index (κ1) is 12.7. The van der Waals surface area contributed by atoms with Gasteiger partial charge in [0.2, 0.25) is 0 Å². The summed E-state index contributed by atoms with van der Waals surface area (Å²) in [5.41, 5.74) is 2.28. The van der Waals surface area contributed by atoms with Gasteiger partial charge in [-0.3, -0.25) is 14.6 Å². The van der Waals surface area contributed by atoms with E-state index < -0.39 is 0 Å². The zero-order chi connectivity index (χ0) is 13.1. The van der Waals surface area contributed by atoms with Crippen LogP contribution < -0.4 is 5.32 Å². The van der Waals surface area contributed by atoms with Gasteiger partial charge in [-0.05, 0) is 38.8 Å². The Morgan fingerprint density at radius 3 is 2.56 bits per heavy atom.